The van der Waals surface area contributed by atoms with Crippen molar-refractivity contribution >= 4 is 90.6 Å². The SMILES string of the molecule is CCc1cccc(-n2nc(C)cc2C(=O)Cc2cccc(C(NCC3CC3)c3ccc(Cl)cc3)c2)c1.Cc1cc(C(=O)Cc2cccc(C(NCC3CC3)c3ccc(Cl)cc3)c2)n(-c2cccc(CN)c2)n1.Cl.NCCNCCN.[C-]#[N+]c1cccc(-n2nc(C)cc2C(=O)Cc2cccc(C(NCC3CC3)c3ccc(Cl)cc3)c2)c1.[Cl][Ni][Cl]. The Balaban J connectivity index is 0.000000176. The first-order valence-electron chi connectivity index (χ1n) is 40.2. The van der Waals surface area contributed by atoms with E-state index in [1.165, 1.54) is 49.7 Å². The second kappa shape index (κ2) is 46.7. The molecule has 3 aromatic heterocycles. The summed E-state index contributed by atoms with van der Waals surface area (Å²) in [6.07, 6.45) is 9.54. The number of carbonyl (C=O) groups is 3. The Labute approximate surface area is 735 Å². The van der Waals surface area contributed by atoms with Crippen molar-refractivity contribution in [2.75, 3.05) is 45.8 Å². The van der Waals surface area contributed by atoms with Crippen molar-refractivity contribution in [2.24, 2.45) is 35.0 Å². The van der Waals surface area contributed by atoms with E-state index in [1.807, 2.05) is 160 Å². The number of carbonyl (C=O) groups excluding carboxylic acids is 3. The first-order chi connectivity index (χ1) is 57.3. The monoisotopic (exact) mass is 1760 g/mol. The number of nitrogens with two attached hydrogens (primary N) is 3. The van der Waals surface area contributed by atoms with Crippen molar-refractivity contribution in [2.45, 2.75) is 117 Å². The summed E-state index contributed by atoms with van der Waals surface area (Å²) < 4.78 is 5.16. The Kier molecular flexibility index (Phi) is 36.3. The minimum atomic E-state index is -0.0186. The molecule has 3 aliphatic rings. The summed E-state index contributed by atoms with van der Waals surface area (Å²) in [6.45, 7) is 21.6. The van der Waals surface area contributed by atoms with E-state index in [9.17, 15) is 14.4 Å². The molecule has 3 fully saturated rings. The Bertz CT molecular complexity index is 5100. The third-order valence-electron chi connectivity index (χ3n) is 20.6. The predicted octanol–water partition coefficient (Wildman–Crippen LogP) is 19.9. The molecule has 0 saturated heterocycles. The summed E-state index contributed by atoms with van der Waals surface area (Å²) >= 11 is 19.0. The third kappa shape index (κ3) is 28.1. The summed E-state index contributed by atoms with van der Waals surface area (Å²) in [6, 6.07) is 77.8. The van der Waals surface area contributed by atoms with E-state index >= 15 is 0 Å². The van der Waals surface area contributed by atoms with Gasteiger partial charge in [-0.25, -0.2) is 18.9 Å². The van der Waals surface area contributed by atoms with Gasteiger partial charge in [-0.05, 0) is 255 Å². The van der Waals surface area contributed by atoms with Gasteiger partial charge in [0.2, 0.25) is 0 Å². The molecule has 3 heterocycles. The van der Waals surface area contributed by atoms with E-state index < -0.39 is 0 Å². The van der Waals surface area contributed by atoms with Crippen molar-refractivity contribution in [3.63, 3.8) is 0 Å². The van der Waals surface area contributed by atoms with Gasteiger partial charge in [-0.3, -0.25) is 14.4 Å². The van der Waals surface area contributed by atoms with Crippen molar-refractivity contribution < 1.29 is 27.0 Å². The average molecular weight is 1760 g/mol. The zero-order valence-corrected chi connectivity index (χ0v) is 73.0. The molecule has 119 heavy (non-hydrogen) atoms. The molecule has 9 aromatic carbocycles. The van der Waals surface area contributed by atoms with Crippen LogP contribution in [-0.4, -0.2) is 92.5 Å². The zero-order valence-electron chi connectivity index (χ0n) is 67.4. The molecule has 17 nitrogen and oxygen atoms in total. The van der Waals surface area contributed by atoms with Crippen LogP contribution in [0.15, 0.2) is 237 Å². The summed E-state index contributed by atoms with van der Waals surface area (Å²) in [5.41, 5.74) is 35.3. The summed E-state index contributed by atoms with van der Waals surface area (Å²) in [4.78, 5) is 43.9. The molecule has 10 N–H and O–H groups in total. The zero-order chi connectivity index (χ0) is 83.5. The van der Waals surface area contributed by atoms with Gasteiger partial charge in [-0.1, -0.05) is 187 Å². The van der Waals surface area contributed by atoms with Gasteiger partial charge in [-0.15, -0.1) is 12.4 Å². The molecular weight excluding hydrogens is 1660 g/mol. The van der Waals surface area contributed by atoms with E-state index in [2.05, 4.69) is 133 Å². The van der Waals surface area contributed by atoms with Crippen molar-refractivity contribution in [3.8, 4) is 17.1 Å². The first-order valence-corrected chi connectivity index (χ1v) is 44.0. The van der Waals surface area contributed by atoms with Crippen LogP contribution < -0.4 is 38.5 Å². The van der Waals surface area contributed by atoms with Crippen LogP contribution in [0, 0.1) is 45.1 Å². The van der Waals surface area contributed by atoms with E-state index in [1.54, 1.807) is 26.2 Å². The van der Waals surface area contributed by atoms with E-state index in [0.717, 1.165) is 145 Å². The van der Waals surface area contributed by atoms with E-state index in [0.29, 0.717) is 78.6 Å². The van der Waals surface area contributed by atoms with Crippen molar-refractivity contribution in [3.05, 3.63) is 358 Å². The van der Waals surface area contributed by atoms with Gasteiger partial charge < -0.3 is 38.5 Å². The van der Waals surface area contributed by atoms with E-state index in [4.69, 9.17) is 79.0 Å². The number of hydrogen-bond acceptors (Lipinski definition) is 13. The van der Waals surface area contributed by atoms with Gasteiger partial charge in [0, 0.05) is 67.1 Å². The maximum atomic E-state index is 13.5. The number of aryl methyl sites for hydroxylation is 4. The van der Waals surface area contributed by atoms with Gasteiger partial charge in [-0.2, -0.15) is 15.3 Å². The Morgan fingerprint density at radius 3 is 1.04 bits per heavy atom. The fraction of sp³-hybridized carbons (Fsp3) is 0.295. The Morgan fingerprint density at radius 1 is 0.429 bits per heavy atom. The number of benzene rings is 9. The third-order valence-corrected chi connectivity index (χ3v) is 21.4. The molecule has 0 amide bonds. The van der Waals surface area contributed by atoms with Crippen molar-refractivity contribution in [1.82, 2.24) is 50.6 Å². The maximum absolute atomic E-state index is 13.5. The minimum absolute atomic E-state index is 0. The second-order valence-electron chi connectivity index (χ2n) is 30.2. The number of Topliss-reactive ketones (excluding diaryl/α,β-unsaturated/α-hetero) is 3. The molecule has 624 valence electrons. The molecule has 0 bridgehead atoms. The molecule has 0 radical (unpaired) electrons. The van der Waals surface area contributed by atoms with Crippen LogP contribution >= 0.6 is 67.6 Å². The van der Waals surface area contributed by atoms with E-state index in [-0.39, 0.29) is 54.3 Å². The van der Waals surface area contributed by atoms with Crippen LogP contribution in [0.5, 0.6) is 0 Å². The molecule has 12 aromatic rings. The molecule has 3 saturated carbocycles. The molecular formula is C95H104Cl6N14NiO3. The number of aromatic nitrogens is 6. The molecule has 3 aliphatic carbocycles. The van der Waals surface area contributed by atoms with Gasteiger partial charge in [0.05, 0.1) is 58.8 Å². The normalized spacial score (nSPS) is 13.4. The number of ketones is 3. The Morgan fingerprint density at radius 2 is 0.731 bits per heavy atom. The quantitative estimate of drug-likeness (QED) is 0.00879. The van der Waals surface area contributed by atoms with Crippen LogP contribution in [-0.2, 0) is 44.9 Å². The number of nitrogens with one attached hydrogen (secondary N) is 4. The summed E-state index contributed by atoms with van der Waals surface area (Å²) in [7, 11) is 9.40. The van der Waals surface area contributed by atoms with Gasteiger partial charge in [0.25, 0.3) is 0 Å². The summed E-state index contributed by atoms with van der Waals surface area (Å²) in [5.74, 6) is 2.33. The Hall–Kier alpha value is -8.94. The van der Waals surface area contributed by atoms with Gasteiger partial charge in [0.1, 0.15) is 17.1 Å². The standard InChI is InChI=1S/C31H32ClN3O.C30H27ClN4O.C30H31ClN4O.C4H13N3.3ClH.Ni/c1-3-22-6-5-9-28(18-22)35-29(16-21(2)34-35)30(36)19-24-7-4-8-26(17-24)31(33-20-23-10-11-23)25-12-14-27(32)15-13-25;1-20-15-28(35(34-20)27-8-4-7-26(18-27)32-2)29(36)17-22-5-3-6-24(16-22)30(33-19-21-9-10-21)23-11-13-25(31)14-12-23;1-20-14-28(35(34-20)27-7-3-5-23(16-27)18-32)29(36)17-22-4-2-6-25(15-22)30(33-19-21-8-9-21)24-10-12-26(31)13-11-24;5-1-3-7-4-2-6;;;;/h4-9,12-18,23,31,33H,3,10-11,19-20H2,1-2H3;3-8,11-16,18,21,30,33H,9-10,17,19H2,1H3;2-7,10-16,21,30,33H,8-9,17-19,32H2,1H3;7H,1-6H2;3*1H;/q;;;;;;;+2/p-2. The van der Waals surface area contributed by atoms with Crippen LogP contribution in [0.2, 0.25) is 15.1 Å². The first kappa shape index (κ1) is 92.4. The number of halogens is 6. The fourth-order valence-electron chi connectivity index (χ4n) is 14.0. The van der Waals surface area contributed by atoms with Crippen LogP contribution in [0.3, 0.4) is 0 Å². The van der Waals surface area contributed by atoms with Crippen molar-refractivity contribution in [1.29, 1.82) is 0 Å². The second-order valence-corrected chi connectivity index (χ2v) is 33.1. The molecule has 3 unspecified atom stereocenters. The topological polar surface area (TPSA) is 235 Å². The summed E-state index contributed by atoms with van der Waals surface area (Å²) in [5, 5.41) is 30.2. The van der Waals surface area contributed by atoms with Crippen LogP contribution in [0.25, 0.3) is 21.9 Å². The predicted molar refractivity (Wildman–Crippen MR) is 484 cm³/mol. The molecule has 15 rings (SSSR count). The molecule has 0 spiro atoms. The van der Waals surface area contributed by atoms with Crippen LogP contribution in [0.1, 0.15) is 173 Å². The molecule has 24 heteroatoms. The van der Waals surface area contributed by atoms with Crippen LogP contribution in [0.4, 0.5) is 5.69 Å². The average Bonchev–Trinajstić information content (AvgIpc) is 1.73. The number of rotatable bonds is 33. The number of nitrogens with zero attached hydrogens (tertiary/aromatic N) is 7. The molecule has 3 atom stereocenters. The molecule has 0 aliphatic heterocycles. The van der Waals surface area contributed by atoms with Gasteiger partial charge in [0.15, 0.2) is 23.0 Å². The fourth-order valence-corrected chi connectivity index (χ4v) is 14.4. The van der Waals surface area contributed by atoms with Gasteiger partial charge >= 0.3 is 33.0 Å². The number of hydrogen-bond donors (Lipinski definition) is 7.